The zero-order valence-electron chi connectivity index (χ0n) is 11.7. The molecule has 0 unspecified atom stereocenters. The van der Waals surface area contributed by atoms with Crippen molar-refractivity contribution in [3.8, 4) is 11.5 Å². The first-order valence-corrected chi connectivity index (χ1v) is 9.62. The third kappa shape index (κ3) is 3.15. The van der Waals surface area contributed by atoms with E-state index >= 15 is 0 Å². The third-order valence-electron chi connectivity index (χ3n) is 3.24. The van der Waals surface area contributed by atoms with Crippen molar-refractivity contribution in [1.82, 2.24) is 4.31 Å². The number of benzene rings is 1. The first kappa shape index (κ1) is 15.8. The number of para-hydroxylation sites is 2. The third-order valence-corrected chi connectivity index (χ3v) is 7.16. The van der Waals surface area contributed by atoms with Gasteiger partial charge in [0.2, 0.25) is 0 Å². The molecule has 1 aliphatic rings. The number of thiophene rings is 1. The van der Waals surface area contributed by atoms with Gasteiger partial charge >= 0.3 is 0 Å². The lowest BCUT2D eigenvalue weighted by Gasteiger charge is -2.29. The number of fused-ring (bicyclic) bond motifs is 1. The Hall–Kier alpha value is -1.09. The van der Waals surface area contributed by atoms with E-state index in [0.717, 1.165) is 3.79 Å². The van der Waals surface area contributed by atoms with Gasteiger partial charge in [0.05, 0.1) is 10.3 Å². The first-order chi connectivity index (χ1) is 10.5. The van der Waals surface area contributed by atoms with E-state index in [9.17, 15) is 8.42 Å². The fourth-order valence-electron chi connectivity index (χ4n) is 2.13. The molecule has 0 amide bonds. The topological polar surface area (TPSA) is 55.8 Å². The quantitative estimate of drug-likeness (QED) is 0.787. The number of ether oxygens (including phenoxy) is 2. The Kier molecular flexibility index (Phi) is 4.44. The SMILES string of the molecule is CN(C[C@H]1COc2ccccc2O1)S(=O)(=O)c1ccc(Br)s1. The molecule has 0 aliphatic carbocycles. The summed E-state index contributed by atoms with van der Waals surface area (Å²) in [6.45, 7) is 0.553. The fraction of sp³-hybridized carbons (Fsp3) is 0.286. The van der Waals surface area contributed by atoms with Crippen LogP contribution in [0.25, 0.3) is 0 Å². The minimum absolute atomic E-state index is 0.228. The van der Waals surface area contributed by atoms with Crippen LogP contribution >= 0.6 is 27.3 Å². The zero-order valence-corrected chi connectivity index (χ0v) is 14.9. The van der Waals surface area contributed by atoms with Crippen LogP contribution in [0.2, 0.25) is 0 Å². The lowest BCUT2D eigenvalue weighted by molar-refractivity contribution is 0.0799. The summed E-state index contributed by atoms with van der Waals surface area (Å²) < 4.78 is 38.8. The summed E-state index contributed by atoms with van der Waals surface area (Å²) in [5.74, 6) is 1.33. The standard InChI is InChI=1S/C14H14BrNO4S2/c1-16(22(17,18)14-7-6-13(15)21-14)8-10-9-19-11-4-2-3-5-12(11)20-10/h2-7,10H,8-9H2,1H3/t10-/m0/s1. The highest BCUT2D eigenvalue weighted by Gasteiger charge is 2.28. The van der Waals surface area contributed by atoms with Crippen LogP contribution in [-0.2, 0) is 10.0 Å². The molecule has 0 radical (unpaired) electrons. The van der Waals surface area contributed by atoms with Gasteiger partial charge in [-0.05, 0) is 40.2 Å². The number of likely N-dealkylation sites (N-methyl/N-ethyl adjacent to an activating group) is 1. The van der Waals surface area contributed by atoms with Gasteiger partial charge in [-0.1, -0.05) is 12.1 Å². The van der Waals surface area contributed by atoms with Crippen LogP contribution in [-0.4, -0.2) is 39.0 Å². The van der Waals surface area contributed by atoms with E-state index in [2.05, 4.69) is 15.9 Å². The smallest absolute Gasteiger partial charge is 0.252 e. The molecule has 8 heteroatoms. The van der Waals surface area contributed by atoms with Crippen molar-refractivity contribution < 1.29 is 17.9 Å². The van der Waals surface area contributed by atoms with E-state index in [1.54, 1.807) is 19.2 Å². The number of nitrogens with zero attached hydrogens (tertiary/aromatic N) is 1. The molecular weight excluding hydrogens is 390 g/mol. The monoisotopic (exact) mass is 403 g/mol. The highest BCUT2D eigenvalue weighted by atomic mass is 79.9. The summed E-state index contributed by atoms with van der Waals surface area (Å²) in [5, 5.41) is 0. The Labute approximate surface area is 141 Å². The number of halogens is 1. The molecule has 1 aliphatic heterocycles. The lowest BCUT2D eigenvalue weighted by Crippen LogP contribution is -2.41. The molecule has 2 heterocycles. The number of rotatable bonds is 4. The second-order valence-corrected chi connectivity index (χ2v) is 9.58. The lowest BCUT2D eigenvalue weighted by atomic mass is 10.2. The Balaban J connectivity index is 1.71. The second-order valence-electron chi connectivity index (χ2n) is 4.84. The minimum atomic E-state index is -3.51. The Morgan fingerprint density at radius 3 is 2.68 bits per heavy atom. The van der Waals surface area contributed by atoms with E-state index in [-0.39, 0.29) is 12.6 Å². The van der Waals surface area contributed by atoms with Gasteiger partial charge in [0.25, 0.3) is 10.0 Å². The van der Waals surface area contributed by atoms with Crippen molar-refractivity contribution in [2.45, 2.75) is 10.3 Å². The van der Waals surface area contributed by atoms with Gasteiger partial charge in [-0.3, -0.25) is 0 Å². The van der Waals surface area contributed by atoms with Gasteiger partial charge in [0.15, 0.2) is 11.5 Å². The van der Waals surface area contributed by atoms with Gasteiger partial charge in [0, 0.05) is 7.05 Å². The predicted octanol–water partition coefficient (Wildman–Crippen LogP) is 2.97. The van der Waals surface area contributed by atoms with E-state index < -0.39 is 10.0 Å². The molecule has 1 aromatic carbocycles. The molecule has 0 N–H and O–H groups in total. The average Bonchev–Trinajstić information content (AvgIpc) is 2.94. The zero-order chi connectivity index (χ0) is 15.7. The molecule has 5 nitrogen and oxygen atoms in total. The van der Waals surface area contributed by atoms with Crippen molar-refractivity contribution in [3.63, 3.8) is 0 Å². The molecule has 118 valence electrons. The first-order valence-electron chi connectivity index (χ1n) is 6.57. The maximum Gasteiger partial charge on any atom is 0.252 e. The normalized spacial score (nSPS) is 17.7. The van der Waals surface area contributed by atoms with Crippen molar-refractivity contribution in [2.24, 2.45) is 0 Å². The maximum atomic E-state index is 12.5. The van der Waals surface area contributed by atoms with E-state index in [1.807, 2.05) is 24.3 Å². The molecule has 22 heavy (non-hydrogen) atoms. The van der Waals surface area contributed by atoms with Crippen molar-refractivity contribution in [2.75, 3.05) is 20.2 Å². The second kappa shape index (κ2) is 6.19. The van der Waals surface area contributed by atoms with Crippen LogP contribution in [0.5, 0.6) is 11.5 Å². The highest BCUT2D eigenvalue weighted by Crippen LogP contribution is 2.32. The maximum absolute atomic E-state index is 12.5. The molecule has 0 spiro atoms. The van der Waals surface area contributed by atoms with Crippen LogP contribution < -0.4 is 9.47 Å². The molecular formula is C14H14BrNO4S2. The molecule has 0 saturated carbocycles. The van der Waals surface area contributed by atoms with E-state index in [0.29, 0.717) is 22.3 Å². The summed E-state index contributed by atoms with van der Waals surface area (Å²) in [6.07, 6.45) is -0.335. The van der Waals surface area contributed by atoms with Gasteiger partial charge in [-0.25, -0.2) is 8.42 Å². The van der Waals surface area contributed by atoms with Crippen LogP contribution in [0.15, 0.2) is 44.4 Å². The fourth-order valence-corrected chi connectivity index (χ4v) is 5.55. The molecule has 0 bridgehead atoms. The largest absolute Gasteiger partial charge is 0.486 e. The van der Waals surface area contributed by atoms with Crippen LogP contribution in [0.1, 0.15) is 0 Å². The molecule has 1 aromatic heterocycles. The summed E-state index contributed by atoms with van der Waals surface area (Å²) in [5.41, 5.74) is 0. The Bertz CT molecular complexity index is 775. The summed E-state index contributed by atoms with van der Waals surface area (Å²) in [4.78, 5) is 0. The number of hydrogen-bond acceptors (Lipinski definition) is 5. The van der Waals surface area contributed by atoms with Gasteiger partial charge < -0.3 is 9.47 Å². The molecule has 2 aromatic rings. The predicted molar refractivity (Wildman–Crippen MR) is 88.2 cm³/mol. The Morgan fingerprint density at radius 1 is 1.27 bits per heavy atom. The molecule has 1 atom stereocenters. The van der Waals surface area contributed by atoms with Crippen molar-refractivity contribution in [3.05, 3.63) is 40.2 Å². The van der Waals surface area contributed by atoms with Crippen molar-refractivity contribution >= 4 is 37.3 Å². The van der Waals surface area contributed by atoms with Gasteiger partial charge in [-0.2, -0.15) is 4.31 Å². The van der Waals surface area contributed by atoms with Crippen molar-refractivity contribution in [1.29, 1.82) is 0 Å². The summed E-state index contributed by atoms with van der Waals surface area (Å²) in [6, 6.07) is 10.7. The van der Waals surface area contributed by atoms with E-state index in [4.69, 9.17) is 9.47 Å². The van der Waals surface area contributed by atoms with Gasteiger partial charge in [0.1, 0.15) is 16.9 Å². The molecule has 3 rings (SSSR count). The number of hydrogen-bond donors (Lipinski definition) is 0. The molecule has 0 fully saturated rings. The number of sulfonamides is 1. The van der Waals surface area contributed by atoms with Crippen LogP contribution in [0.3, 0.4) is 0 Å². The van der Waals surface area contributed by atoms with E-state index in [1.165, 1.54) is 15.6 Å². The summed E-state index contributed by atoms with van der Waals surface area (Å²) >= 11 is 4.47. The Morgan fingerprint density at radius 2 is 2.00 bits per heavy atom. The minimum Gasteiger partial charge on any atom is -0.486 e. The highest BCUT2D eigenvalue weighted by molar-refractivity contribution is 9.11. The van der Waals surface area contributed by atoms with Crippen LogP contribution in [0, 0.1) is 0 Å². The van der Waals surface area contributed by atoms with Gasteiger partial charge in [-0.15, -0.1) is 11.3 Å². The molecule has 0 saturated heterocycles. The summed E-state index contributed by atoms with van der Waals surface area (Å²) in [7, 11) is -1.96. The van der Waals surface area contributed by atoms with Crippen LogP contribution in [0.4, 0.5) is 0 Å². The average molecular weight is 404 g/mol.